The van der Waals surface area contributed by atoms with E-state index in [1.54, 1.807) is 6.07 Å². The van der Waals surface area contributed by atoms with Gasteiger partial charge in [0.05, 0.1) is 6.07 Å². The van der Waals surface area contributed by atoms with Crippen molar-refractivity contribution in [2.45, 2.75) is 26.7 Å². The highest BCUT2D eigenvalue weighted by atomic mass is 32.2. The van der Waals surface area contributed by atoms with Crippen LogP contribution in [0.2, 0.25) is 0 Å². The van der Waals surface area contributed by atoms with Crippen LogP contribution in [-0.4, -0.2) is 4.21 Å². The molecule has 4 heteroatoms. The van der Waals surface area contributed by atoms with Gasteiger partial charge in [-0.05, 0) is 25.8 Å². The van der Waals surface area contributed by atoms with Crippen LogP contribution in [0.4, 0.5) is 0 Å². The first-order valence-electron chi connectivity index (χ1n) is 3.95. The Morgan fingerprint density at radius 3 is 2.38 bits per heavy atom. The van der Waals surface area contributed by atoms with E-state index in [-0.39, 0.29) is 0 Å². The Balaban J connectivity index is 0.000000424. The SMILES string of the molecule is CC#N.CC1=CC=C(S(N)=O)CC1. The van der Waals surface area contributed by atoms with E-state index in [1.807, 2.05) is 12.2 Å². The number of hydrogen-bond acceptors (Lipinski definition) is 2. The normalized spacial score (nSPS) is 17.1. The van der Waals surface area contributed by atoms with Gasteiger partial charge in [-0.25, -0.2) is 9.35 Å². The summed E-state index contributed by atoms with van der Waals surface area (Å²) in [7, 11) is -1.25. The summed E-state index contributed by atoms with van der Waals surface area (Å²) in [5.41, 5.74) is 1.33. The lowest BCUT2D eigenvalue weighted by Crippen LogP contribution is -2.07. The zero-order valence-corrected chi connectivity index (χ0v) is 8.73. The minimum Gasteiger partial charge on any atom is -0.248 e. The summed E-state index contributed by atoms with van der Waals surface area (Å²) in [5.74, 6) is 0. The Bertz CT molecular complexity index is 286. The highest BCUT2D eigenvalue weighted by Crippen LogP contribution is 2.18. The van der Waals surface area contributed by atoms with Crippen LogP contribution in [0.15, 0.2) is 22.6 Å². The van der Waals surface area contributed by atoms with Crippen LogP contribution in [-0.2, 0) is 11.0 Å². The first-order chi connectivity index (χ1) is 6.11. The van der Waals surface area contributed by atoms with E-state index < -0.39 is 11.0 Å². The van der Waals surface area contributed by atoms with Gasteiger partial charge in [-0.2, -0.15) is 5.26 Å². The van der Waals surface area contributed by atoms with Crippen LogP contribution in [0.3, 0.4) is 0 Å². The standard InChI is InChI=1S/C7H11NOS.C2H3N/c1-6-2-4-7(5-3-6)10(8)9;1-2-3/h2,4H,3,5,8H2,1H3;1H3. The third-order valence-electron chi connectivity index (χ3n) is 1.58. The molecule has 0 spiro atoms. The van der Waals surface area contributed by atoms with E-state index in [0.29, 0.717) is 0 Å². The molecule has 13 heavy (non-hydrogen) atoms. The van der Waals surface area contributed by atoms with Gasteiger partial charge >= 0.3 is 0 Å². The molecule has 2 N–H and O–H groups in total. The molecular weight excluding hydrogens is 184 g/mol. The number of allylic oxidation sites excluding steroid dienone is 4. The number of nitrogens with zero attached hydrogens (tertiary/aromatic N) is 1. The van der Waals surface area contributed by atoms with E-state index in [0.717, 1.165) is 17.7 Å². The number of rotatable bonds is 1. The van der Waals surface area contributed by atoms with Gasteiger partial charge in [0.15, 0.2) is 0 Å². The Morgan fingerprint density at radius 1 is 1.54 bits per heavy atom. The van der Waals surface area contributed by atoms with Gasteiger partial charge < -0.3 is 0 Å². The molecule has 0 aromatic carbocycles. The molecule has 1 aliphatic carbocycles. The highest BCUT2D eigenvalue weighted by Gasteiger charge is 2.05. The lowest BCUT2D eigenvalue weighted by Gasteiger charge is -2.07. The van der Waals surface area contributed by atoms with Crippen LogP contribution in [0.5, 0.6) is 0 Å². The van der Waals surface area contributed by atoms with E-state index in [2.05, 4.69) is 6.92 Å². The minimum atomic E-state index is -1.25. The zero-order valence-electron chi connectivity index (χ0n) is 7.91. The molecule has 0 aromatic heterocycles. The molecule has 72 valence electrons. The van der Waals surface area contributed by atoms with Crippen molar-refractivity contribution < 1.29 is 4.21 Å². The van der Waals surface area contributed by atoms with Gasteiger partial charge in [0.2, 0.25) is 0 Å². The van der Waals surface area contributed by atoms with Crippen molar-refractivity contribution in [3.8, 4) is 6.07 Å². The van der Waals surface area contributed by atoms with E-state index in [9.17, 15) is 4.21 Å². The van der Waals surface area contributed by atoms with E-state index in [4.69, 9.17) is 10.4 Å². The summed E-state index contributed by atoms with van der Waals surface area (Å²) in [6, 6.07) is 1.75. The molecule has 0 fully saturated rings. The van der Waals surface area contributed by atoms with Gasteiger partial charge in [-0.15, -0.1) is 0 Å². The van der Waals surface area contributed by atoms with Crippen molar-refractivity contribution >= 4 is 11.0 Å². The molecule has 1 rings (SSSR count). The van der Waals surface area contributed by atoms with Crippen LogP contribution in [0.25, 0.3) is 0 Å². The van der Waals surface area contributed by atoms with Crippen LogP contribution < -0.4 is 5.14 Å². The Labute approximate surface area is 81.5 Å². The summed E-state index contributed by atoms with van der Waals surface area (Å²) in [5, 5.41) is 12.5. The maximum atomic E-state index is 10.7. The molecular formula is C9H14N2OS. The van der Waals surface area contributed by atoms with Gasteiger partial charge in [0, 0.05) is 11.8 Å². The molecule has 0 radical (unpaired) electrons. The largest absolute Gasteiger partial charge is 0.248 e. The van der Waals surface area contributed by atoms with Crippen molar-refractivity contribution in [3.05, 3.63) is 22.6 Å². The van der Waals surface area contributed by atoms with Crippen LogP contribution >= 0.6 is 0 Å². The van der Waals surface area contributed by atoms with Gasteiger partial charge in [0.25, 0.3) is 0 Å². The second-order valence-corrected chi connectivity index (χ2v) is 3.79. The van der Waals surface area contributed by atoms with Crippen molar-refractivity contribution in [2.24, 2.45) is 5.14 Å². The first-order valence-corrected chi connectivity index (χ1v) is 5.16. The molecule has 1 unspecified atom stereocenters. The molecule has 0 aromatic rings. The Morgan fingerprint density at radius 2 is 2.08 bits per heavy atom. The molecule has 0 heterocycles. The summed E-state index contributed by atoms with van der Waals surface area (Å²) in [6.07, 6.45) is 5.68. The maximum absolute atomic E-state index is 10.7. The Hall–Kier alpha value is -0.920. The molecule has 0 aliphatic heterocycles. The number of nitrogens with two attached hydrogens (primary N) is 1. The molecule has 3 nitrogen and oxygen atoms in total. The van der Waals surface area contributed by atoms with Crippen LogP contribution in [0.1, 0.15) is 26.7 Å². The highest BCUT2D eigenvalue weighted by molar-refractivity contribution is 7.86. The van der Waals surface area contributed by atoms with Gasteiger partial charge in [0.1, 0.15) is 11.0 Å². The predicted molar refractivity (Wildman–Crippen MR) is 54.7 cm³/mol. The van der Waals surface area contributed by atoms with E-state index >= 15 is 0 Å². The van der Waals surface area contributed by atoms with E-state index in [1.165, 1.54) is 12.5 Å². The second-order valence-electron chi connectivity index (χ2n) is 2.67. The summed E-state index contributed by atoms with van der Waals surface area (Å²) in [4.78, 5) is 0.852. The fraction of sp³-hybridized carbons (Fsp3) is 0.444. The average molecular weight is 198 g/mol. The van der Waals surface area contributed by atoms with Crippen molar-refractivity contribution in [3.63, 3.8) is 0 Å². The third-order valence-corrected chi connectivity index (χ3v) is 2.43. The van der Waals surface area contributed by atoms with Crippen molar-refractivity contribution in [2.75, 3.05) is 0 Å². The average Bonchev–Trinajstić information content (AvgIpc) is 2.06. The summed E-state index contributed by atoms with van der Waals surface area (Å²) < 4.78 is 10.7. The quantitative estimate of drug-likeness (QED) is 0.697. The molecule has 0 saturated heterocycles. The lowest BCUT2D eigenvalue weighted by atomic mass is 10.1. The fourth-order valence-corrected chi connectivity index (χ4v) is 1.40. The predicted octanol–water partition coefficient (Wildman–Crippen LogP) is 1.76. The monoisotopic (exact) mass is 198 g/mol. The van der Waals surface area contributed by atoms with Crippen molar-refractivity contribution in [1.29, 1.82) is 5.26 Å². The zero-order chi connectivity index (χ0) is 10.3. The maximum Gasteiger partial charge on any atom is 0.117 e. The minimum absolute atomic E-state index is 0.852. The summed E-state index contributed by atoms with van der Waals surface area (Å²) >= 11 is 0. The lowest BCUT2D eigenvalue weighted by molar-refractivity contribution is 0.686. The number of hydrogen-bond donors (Lipinski definition) is 1. The summed E-state index contributed by atoms with van der Waals surface area (Å²) in [6.45, 7) is 3.49. The third kappa shape index (κ3) is 5.34. The molecule has 0 bridgehead atoms. The molecule has 1 atom stereocenters. The van der Waals surface area contributed by atoms with Gasteiger partial charge in [-0.1, -0.05) is 11.6 Å². The Kier molecular flexibility index (Phi) is 6.11. The number of nitriles is 1. The topological polar surface area (TPSA) is 66.9 Å². The fourth-order valence-electron chi connectivity index (χ4n) is 0.890. The molecule has 0 amide bonds. The first kappa shape index (κ1) is 12.1. The second kappa shape index (κ2) is 6.58. The molecule has 1 aliphatic rings. The van der Waals surface area contributed by atoms with Crippen LogP contribution in [0, 0.1) is 11.3 Å². The van der Waals surface area contributed by atoms with Crippen molar-refractivity contribution in [1.82, 2.24) is 0 Å². The van der Waals surface area contributed by atoms with Gasteiger partial charge in [-0.3, -0.25) is 0 Å². The molecule has 0 saturated carbocycles. The smallest absolute Gasteiger partial charge is 0.117 e.